The van der Waals surface area contributed by atoms with E-state index < -0.39 is 0 Å². The van der Waals surface area contributed by atoms with Crippen molar-refractivity contribution in [2.45, 2.75) is 18.8 Å². The second-order valence-electron chi connectivity index (χ2n) is 7.66. The summed E-state index contributed by atoms with van der Waals surface area (Å²) in [6.45, 7) is 1.35. The van der Waals surface area contributed by atoms with Crippen molar-refractivity contribution < 1.29 is 14.0 Å². The van der Waals surface area contributed by atoms with Gasteiger partial charge in [0.2, 0.25) is 11.7 Å². The average molecular weight is 404 g/mol. The van der Waals surface area contributed by atoms with Gasteiger partial charge in [-0.1, -0.05) is 5.16 Å². The standard InChI is InChI=1S/C21H20N6O3/c1-26-9-13-7-17-19(20-23-21(30-25-20)12-5-6-29-10-12)22-11-27(17)16-4-3-14(28-2)8-15(16)18(13)24-26/h3-4,8-9,11-12H,5-7,10H2,1-2H3/t12-/m1/s1. The van der Waals surface area contributed by atoms with Gasteiger partial charge in [0, 0.05) is 37.4 Å². The van der Waals surface area contributed by atoms with Gasteiger partial charge in [-0.15, -0.1) is 0 Å². The Morgan fingerprint density at radius 2 is 2.17 bits per heavy atom. The lowest BCUT2D eigenvalue weighted by Crippen LogP contribution is -2.01. The van der Waals surface area contributed by atoms with Crippen molar-refractivity contribution in [3.05, 3.63) is 47.9 Å². The molecule has 2 aliphatic heterocycles. The van der Waals surface area contributed by atoms with Crippen LogP contribution in [0.2, 0.25) is 0 Å². The number of methoxy groups -OCH3 is 1. The Hall–Kier alpha value is -3.46. The third kappa shape index (κ3) is 2.58. The lowest BCUT2D eigenvalue weighted by molar-refractivity contribution is 0.189. The number of imidazole rings is 1. The van der Waals surface area contributed by atoms with Gasteiger partial charge in [-0.25, -0.2) is 4.98 Å². The zero-order valence-corrected chi connectivity index (χ0v) is 16.7. The fraction of sp³-hybridized carbons (Fsp3) is 0.333. The second kappa shape index (κ2) is 6.53. The van der Waals surface area contributed by atoms with Crippen molar-refractivity contribution in [2.75, 3.05) is 20.3 Å². The van der Waals surface area contributed by atoms with Crippen LogP contribution in [0.15, 0.2) is 35.2 Å². The average Bonchev–Trinajstić information content (AvgIpc) is 3.53. The number of ether oxygens (including phenoxy) is 2. The quantitative estimate of drug-likeness (QED) is 0.456. The molecule has 6 rings (SSSR count). The van der Waals surface area contributed by atoms with Gasteiger partial charge in [0.25, 0.3) is 0 Å². The van der Waals surface area contributed by atoms with E-state index in [-0.39, 0.29) is 5.92 Å². The fourth-order valence-electron chi connectivity index (χ4n) is 4.28. The molecule has 1 saturated heterocycles. The summed E-state index contributed by atoms with van der Waals surface area (Å²) in [4.78, 5) is 9.30. The molecular formula is C21H20N6O3. The van der Waals surface area contributed by atoms with Gasteiger partial charge in [-0.2, -0.15) is 10.1 Å². The first-order valence-corrected chi connectivity index (χ1v) is 9.90. The molecule has 1 atom stereocenters. The molecule has 0 saturated carbocycles. The van der Waals surface area contributed by atoms with Crippen LogP contribution in [0.4, 0.5) is 0 Å². The molecule has 4 aromatic rings. The summed E-state index contributed by atoms with van der Waals surface area (Å²) in [5.41, 5.74) is 5.78. The van der Waals surface area contributed by atoms with Crippen LogP contribution >= 0.6 is 0 Å². The molecule has 3 aromatic heterocycles. The molecule has 0 aliphatic carbocycles. The van der Waals surface area contributed by atoms with Crippen LogP contribution in [0.25, 0.3) is 28.5 Å². The number of fused-ring (bicyclic) bond motifs is 5. The van der Waals surface area contributed by atoms with E-state index in [1.165, 1.54) is 0 Å². The largest absolute Gasteiger partial charge is 0.497 e. The highest BCUT2D eigenvalue weighted by Crippen LogP contribution is 2.38. The maximum Gasteiger partial charge on any atom is 0.232 e. The van der Waals surface area contributed by atoms with Crippen LogP contribution in [0.1, 0.15) is 29.5 Å². The summed E-state index contributed by atoms with van der Waals surface area (Å²) >= 11 is 0. The summed E-state index contributed by atoms with van der Waals surface area (Å²) in [5.74, 6) is 2.07. The van der Waals surface area contributed by atoms with Crippen LogP contribution in [-0.2, 0) is 18.2 Å². The zero-order valence-electron chi connectivity index (χ0n) is 16.7. The monoisotopic (exact) mass is 404 g/mol. The molecule has 30 heavy (non-hydrogen) atoms. The first-order chi connectivity index (χ1) is 14.7. The van der Waals surface area contributed by atoms with E-state index in [4.69, 9.17) is 19.1 Å². The van der Waals surface area contributed by atoms with Gasteiger partial charge < -0.3 is 18.6 Å². The molecular weight excluding hydrogens is 384 g/mol. The zero-order chi connectivity index (χ0) is 20.2. The van der Waals surface area contributed by atoms with Crippen molar-refractivity contribution in [3.63, 3.8) is 0 Å². The van der Waals surface area contributed by atoms with E-state index >= 15 is 0 Å². The second-order valence-corrected chi connectivity index (χ2v) is 7.66. The molecule has 152 valence electrons. The number of aromatic nitrogens is 6. The molecule has 9 nitrogen and oxygen atoms in total. The van der Waals surface area contributed by atoms with E-state index in [0.717, 1.165) is 52.7 Å². The number of hydrogen-bond acceptors (Lipinski definition) is 7. The van der Waals surface area contributed by atoms with E-state index in [1.54, 1.807) is 7.11 Å². The predicted octanol–water partition coefficient (Wildman–Crippen LogP) is 2.74. The maximum absolute atomic E-state index is 5.54. The number of hydrogen-bond donors (Lipinski definition) is 0. The lowest BCUT2D eigenvalue weighted by atomic mass is 10.0. The van der Waals surface area contributed by atoms with Gasteiger partial charge in [0.05, 0.1) is 36.7 Å². The minimum atomic E-state index is 0.158. The summed E-state index contributed by atoms with van der Waals surface area (Å²) in [6, 6.07) is 6.00. The highest BCUT2D eigenvalue weighted by atomic mass is 16.5. The predicted molar refractivity (Wildman–Crippen MR) is 107 cm³/mol. The van der Waals surface area contributed by atoms with Crippen molar-refractivity contribution in [1.82, 2.24) is 29.5 Å². The van der Waals surface area contributed by atoms with Gasteiger partial charge >= 0.3 is 0 Å². The first kappa shape index (κ1) is 17.4. The molecule has 0 bridgehead atoms. The van der Waals surface area contributed by atoms with Crippen LogP contribution in [0.3, 0.4) is 0 Å². The molecule has 1 aromatic carbocycles. The molecule has 0 amide bonds. The number of aryl methyl sites for hydroxylation is 1. The minimum absolute atomic E-state index is 0.158. The summed E-state index contributed by atoms with van der Waals surface area (Å²) in [6.07, 6.45) is 5.42. The Morgan fingerprint density at radius 3 is 3.00 bits per heavy atom. The van der Waals surface area contributed by atoms with Crippen molar-refractivity contribution in [3.8, 4) is 34.2 Å². The molecule has 1 fully saturated rings. The Kier molecular flexibility index (Phi) is 3.79. The summed E-state index contributed by atoms with van der Waals surface area (Å²) in [7, 11) is 3.60. The lowest BCUT2D eigenvalue weighted by Gasteiger charge is -2.11. The topological polar surface area (TPSA) is 93.0 Å². The van der Waals surface area contributed by atoms with Crippen LogP contribution < -0.4 is 4.74 Å². The number of nitrogens with zero attached hydrogens (tertiary/aromatic N) is 6. The SMILES string of the molecule is COc1ccc2c(c1)-c1nn(C)cc1Cc1c(-c3noc([C@@H]4CCOC4)n3)ncn1-2. The Balaban J connectivity index is 1.51. The van der Waals surface area contributed by atoms with Gasteiger partial charge in [-0.05, 0) is 24.6 Å². The van der Waals surface area contributed by atoms with Gasteiger partial charge in [0.1, 0.15) is 17.8 Å². The first-order valence-electron chi connectivity index (χ1n) is 9.90. The third-order valence-electron chi connectivity index (χ3n) is 5.78. The highest BCUT2D eigenvalue weighted by Gasteiger charge is 2.29. The maximum atomic E-state index is 5.54. The smallest absolute Gasteiger partial charge is 0.232 e. The van der Waals surface area contributed by atoms with E-state index in [2.05, 4.69) is 19.7 Å². The van der Waals surface area contributed by atoms with E-state index in [1.807, 2.05) is 42.5 Å². The van der Waals surface area contributed by atoms with Crippen molar-refractivity contribution in [1.29, 1.82) is 0 Å². The number of benzene rings is 1. The molecule has 0 spiro atoms. The summed E-state index contributed by atoms with van der Waals surface area (Å²) in [5, 5.41) is 8.94. The molecule has 0 radical (unpaired) electrons. The molecule has 9 heteroatoms. The Labute approximate surface area is 172 Å². The fourth-order valence-corrected chi connectivity index (χ4v) is 4.28. The molecule has 2 aliphatic rings. The van der Waals surface area contributed by atoms with Crippen LogP contribution in [-0.4, -0.2) is 49.8 Å². The van der Waals surface area contributed by atoms with Crippen molar-refractivity contribution >= 4 is 0 Å². The van der Waals surface area contributed by atoms with Gasteiger partial charge in [-0.3, -0.25) is 4.68 Å². The third-order valence-corrected chi connectivity index (χ3v) is 5.78. The van der Waals surface area contributed by atoms with Crippen molar-refractivity contribution in [2.24, 2.45) is 7.05 Å². The summed E-state index contributed by atoms with van der Waals surface area (Å²) < 4.78 is 20.4. The Bertz CT molecular complexity index is 1250. The molecule has 0 unspecified atom stereocenters. The normalized spacial score (nSPS) is 17.3. The van der Waals surface area contributed by atoms with Crippen LogP contribution in [0.5, 0.6) is 5.75 Å². The van der Waals surface area contributed by atoms with Gasteiger partial charge in [0.15, 0.2) is 0 Å². The number of rotatable bonds is 3. The molecule has 0 N–H and O–H groups in total. The Morgan fingerprint density at radius 1 is 1.23 bits per heavy atom. The van der Waals surface area contributed by atoms with E-state index in [9.17, 15) is 0 Å². The molecule has 5 heterocycles. The van der Waals surface area contributed by atoms with E-state index in [0.29, 0.717) is 24.7 Å². The highest BCUT2D eigenvalue weighted by molar-refractivity contribution is 5.77. The van der Waals surface area contributed by atoms with Crippen LogP contribution in [0, 0.1) is 0 Å². The minimum Gasteiger partial charge on any atom is -0.497 e.